The Morgan fingerprint density at radius 2 is 2.55 bits per heavy atom. The van der Waals surface area contributed by atoms with E-state index in [1.807, 2.05) is 5.32 Å². The van der Waals surface area contributed by atoms with Crippen molar-refractivity contribution in [2.75, 3.05) is 0 Å². The predicted molar refractivity (Wildman–Crippen MR) is 41.2 cm³/mol. The summed E-state index contributed by atoms with van der Waals surface area (Å²) in [5.74, 6) is -0.436. The molecule has 0 rings (SSSR count). The van der Waals surface area contributed by atoms with Crippen LogP contribution in [0.3, 0.4) is 0 Å². The van der Waals surface area contributed by atoms with Crippen LogP contribution in [0.15, 0.2) is 12.7 Å². The lowest BCUT2D eigenvalue weighted by atomic mass is 10.1. The smallest absolute Gasteiger partial charge is 0.249 e. The highest BCUT2D eigenvalue weighted by Crippen LogP contribution is 1.93. The minimum atomic E-state index is -0.604. The maximum Gasteiger partial charge on any atom is 0.249 e. The van der Waals surface area contributed by atoms with Gasteiger partial charge in [-0.25, -0.2) is 0 Å². The molecule has 1 atom stereocenters. The first-order valence-corrected chi connectivity index (χ1v) is 3.27. The summed E-state index contributed by atoms with van der Waals surface area (Å²) in [5, 5.41) is 10.0. The highest BCUT2D eigenvalue weighted by atomic mass is 16.2. The number of nitrogens with two attached hydrogens (primary N) is 1. The largest absolute Gasteiger partial charge is 0.320 e. The molecule has 0 aliphatic carbocycles. The average Bonchev–Trinajstić information content (AvgIpc) is 2.00. The van der Waals surface area contributed by atoms with Crippen LogP contribution in [0.1, 0.15) is 12.8 Å². The van der Waals surface area contributed by atoms with E-state index in [0.717, 1.165) is 0 Å². The summed E-state index contributed by atoms with van der Waals surface area (Å²) in [6.45, 7) is 3.49. The van der Waals surface area contributed by atoms with Gasteiger partial charge in [0.15, 0.2) is 6.19 Å². The molecule has 0 aliphatic rings. The van der Waals surface area contributed by atoms with Crippen LogP contribution in [-0.4, -0.2) is 11.9 Å². The van der Waals surface area contributed by atoms with Crippen molar-refractivity contribution in [3.05, 3.63) is 12.7 Å². The lowest BCUT2D eigenvalue weighted by Crippen LogP contribution is -2.38. The van der Waals surface area contributed by atoms with E-state index in [0.29, 0.717) is 12.8 Å². The molecule has 0 fully saturated rings. The van der Waals surface area contributed by atoms with Gasteiger partial charge in [0.25, 0.3) is 0 Å². The Morgan fingerprint density at radius 3 is 3.00 bits per heavy atom. The second-order valence-electron chi connectivity index (χ2n) is 2.07. The lowest BCUT2D eigenvalue weighted by molar-refractivity contribution is -0.121. The van der Waals surface area contributed by atoms with Crippen LogP contribution >= 0.6 is 0 Å². The first-order chi connectivity index (χ1) is 5.22. The van der Waals surface area contributed by atoms with Gasteiger partial charge in [-0.05, 0) is 12.8 Å². The molecule has 0 spiro atoms. The van der Waals surface area contributed by atoms with Crippen LogP contribution in [0.25, 0.3) is 0 Å². The van der Waals surface area contributed by atoms with Crippen LogP contribution < -0.4 is 11.1 Å². The molecule has 0 bridgehead atoms. The SMILES string of the molecule is C=CCCC(N)C(=O)NC#N. The van der Waals surface area contributed by atoms with Crippen molar-refractivity contribution in [3.63, 3.8) is 0 Å². The summed E-state index contributed by atoms with van der Waals surface area (Å²) in [4.78, 5) is 10.8. The Hall–Kier alpha value is -1.34. The molecule has 0 heterocycles. The molecule has 0 saturated carbocycles. The van der Waals surface area contributed by atoms with Crippen LogP contribution in [-0.2, 0) is 4.79 Å². The molecule has 0 saturated heterocycles. The third kappa shape index (κ3) is 4.12. The molecule has 4 heteroatoms. The lowest BCUT2D eigenvalue weighted by Gasteiger charge is -2.05. The molecule has 11 heavy (non-hydrogen) atoms. The normalized spacial score (nSPS) is 11.3. The Bertz CT molecular complexity index is 183. The number of allylic oxidation sites excluding steroid dienone is 1. The molecule has 0 aliphatic heterocycles. The quantitative estimate of drug-likeness (QED) is 0.335. The molecule has 0 aromatic rings. The molecular weight excluding hydrogens is 142 g/mol. The van der Waals surface area contributed by atoms with E-state index in [1.165, 1.54) is 6.19 Å². The Kier molecular flexibility index (Phi) is 4.78. The Morgan fingerprint density at radius 1 is 1.91 bits per heavy atom. The summed E-state index contributed by atoms with van der Waals surface area (Å²) >= 11 is 0. The number of nitrogens with one attached hydrogen (secondary N) is 1. The van der Waals surface area contributed by atoms with Gasteiger partial charge in [-0.3, -0.25) is 10.1 Å². The van der Waals surface area contributed by atoms with Crippen LogP contribution in [0, 0.1) is 11.5 Å². The van der Waals surface area contributed by atoms with Crippen molar-refractivity contribution in [3.8, 4) is 6.19 Å². The van der Waals surface area contributed by atoms with Gasteiger partial charge < -0.3 is 5.73 Å². The third-order valence-corrected chi connectivity index (χ3v) is 1.20. The van der Waals surface area contributed by atoms with Gasteiger partial charge in [0.1, 0.15) is 0 Å². The highest BCUT2D eigenvalue weighted by Gasteiger charge is 2.10. The van der Waals surface area contributed by atoms with Crippen LogP contribution in [0.4, 0.5) is 0 Å². The topological polar surface area (TPSA) is 78.9 Å². The van der Waals surface area contributed by atoms with Crippen molar-refractivity contribution in [1.82, 2.24) is 5.32 Å². The van der Waals surface area contributed by atoms with Crippen molar-refractivity contribution in [2.24, 2.45) is 5.73 Å². The first-order valence-electron chi connectivity index (χ1n) is 3.27. The van der Waals surface area contributed by atoms with E-state index in [-0.39, 0.29) is 0 Å². The van der Waals surface area contributed by atoms with E-state index >= 15 is 0 Å². The van der Waals surface area contributed by atoms with Gasteiger partial charge in [0, 0.05) is 0 Å². The molecule has 0 radical (unpaired) electrons. The number of carbonyl (C=O) groups excluding carboxylic acids is 1. The summed E-state index contributed by atoms with van der Waals surface area (Å²) in [5.41, 5.74) is 5.38. The zero-order valence-corrected chi connectivity index (χ0v) is 6.21. The molecule has 0 aromatic heterocycles. The highest BCUT2D eigenvalue weighted by molar-refractivity contribution is 5.82. The van der Waals surface area contributed by atoms with Crippen molar-refractivity contribution in [2.45, 2.75) is 18.9 Å². The molecule has 4 nitrogen and oxygen atoms in total. The molecule has 3 N–H and O–H groups in total. The van der Waals surface area contributed by atoms with Gasteiger partial charge in [0.2, 0.25) is 5.91 Å². The van der Waals surface area contributed by atoms with Gasteiger partial charge in [0.05, 0.1) is 6.04 Å². The summed E-state index contributed by atoms with van der Waals surface area (Å²) in [6.07, 6.45) is 4.40. The van der Waals surface area contributed by atoms with Crippen molar-refractivity contribution in [1.29, 1.82) is 5.26 Å². The van der Waals surface area contributed by atoms with Crippen LogP contribution in [0.2, 0.25) is 0 Å². The predicted octanol–water partition coefficient (Wildman–Crippen LogP) is -0.123. The number of nitrogens with zero attached hydrogens (tertiary/aromatic N) is 1. The second kappa shape index (κ2) is 5.45. The average molecular weight is 153 g/mol. The number of carbonyl (C=O) groups is 1. The number of hydrogen-bond acceptors (Lipinski definition) is 3. The van der Waals surface area contributed by atoms with Gasteiger partial charge in [-0.1, -0.05) is 6.08 Å². The molecular formula is C7H11N3O. The van der Waals surface area contributed by atoms with Crippen molar-refractivity contribution >= 4 is 5.91 Å². The fourth-order valence-electron chi connectivity index (χ4n) is 0.576. The molecule has 0 aromatic carbocycles. The first kappa shape index (κ1) is 9.66. The summed E-state index contributed by atoms with van der Waals surface area (Å²) in [7, 11) is 0. The Labute approximate surface area is 65.7 Å². The monoisotopic (exact) mass is 153 g/mol. The minimum absolute atomic E-state index is 0.436. The maximum absolute atomic E-state index is 10.8. The van der Waals surface area contributed by atoms with Gasteiger partial charge in [-0.15, -0.1) is 6.58 Å². The van der Waals surface area contributed by atoms with Gasteiger partial charge in [-0.2, -0.15) is 5.26 Å². The van der Waals surface area contributed by atoms with Crippen molar-refractivity contribution < 1.29 is 4.79 Å². The number of rotatable bonds is 4. The number of nitriles is 1. The van der Waals surface area contributed by atoms with E-state index < -0.39 is 11.9 Å². The fraction of sp³-hybridized carbons (Fsp3) is 0.429. The van der Waals surface area contributed by atoms with Crippen LogP contribution in [0.5, 0.6) is 0 Å². The Balaban J connectivity index is 3.65. The molecule has 60 valence electrons. The van der Waals surface area contributed by atoms with E-state index in [4.69, 9.17) is 11.0 Å². The van der Waals surface area contributed by atoms with Gasteiger partial charge >= 0.3 is 0 Å². The third-order valence-electron chi connectivity index (χ3n) is 1.20. The molecule has 1 unspecified atom stereocenters. The van der Waals surface area contributed by atoms with E-state index in [9.17, 15) is 4.79 Å². The minimum Gasteiger partial charge on any atom is -0.320 e. The zero-order chi connectivity index (χ0) is 8.69. The zero-order valence-electron chi connectivity index (χ0n) is 6.21. The summed E-state index contributed by atoms with van der Waals surface area (Å²) < 4.78 is 0. The standard InChI is InChI=1S/C7H11N3O/c1-2-3-4-6(9)7(11)10-5-8/h2,6H,1,3-4,9H2,(H,10,11). The second-order valence-corrected chi connectivity index (χ2v) is 2.07. The summed E-state index contributed by atoms with van der Waals surface area (Å²) in [6, 6.07) is -0.604. The van der Waals surface area contributed by atoms with E-state index in [2.05, 4.69) is 6.58 Å². The van der Waals surface area contributed by atoms with E-state index in [1.54, 1.807) is 6.08 Å². The molecule has 1 amide bonds. The maximum atomic E-state index is 10.8. The number of amides is 1. The fourth-order valence-corrected chi connectivity index (χ4v) is 0.576. The number of hydrogen-bond donors (Lipinski definition) is 2.